The van der Waals surface area contributed by atoms with E-state index in [0.29, 0.717) is 5.69 Å². The minimum absolute atomic E-state index is 0.0792. The molecule has 1 N–H and O–H groups in total. The molecule has 2 aromatic rings. The molecule has 0 unspecified atom stereocenters. The Balaban J connectivity index is 2.02. The van der Waals surface area contributed by atoms with Crippen LogP contribution in [0.25, 0.3) is 0 Å². The highest BCUT2D eigenvalue weighted by molar-refractivity contribution is 6.02. The van der Waals surface area contributed by atoms with Gasteiger partial charge in [-0.15, -0.1) is 6.42 Å². The number of benzene rings is 1. The smallest absolute Gasteiger partial charge is 0.275 e. The number of nitrogens with zero attached hydrogens (tertiary/aromatic N) is 2. The highest BCUT2D eigenvalue weighted by Crippen LogP contribution is 2.10. The van der Waals surface area contributed by atoms with Crippen LogP contribution in [0, 0.1) is 18.2 Å². The lowest BCUT2D eigenvalue weighted by Gasteiger charge is -2.05. The molecule has 1 amide bonds. The quantitative estimate of drug-likeness (QED) is 0.862. The highest BCUT2D eigenvalue weighted by Gasteiger charge is 2.08. The van der Waals surface area contributed by atoms with E-state index in [-0.39, 0.29) is 24.0 Å². The number of nitrogens with one attached hydrogen (secondary N) is 1. The second-order valence-corrected chi connectivity index (χ2v) is 3.69. The molecule has 0 saturated heterocycles. The molecule has 5 nitrogen and oxygen atoms in total. The number of hydrogen-bond acceptors (Lipinski definition) is 4. The average Bonchev–Trinajstić information content (AvgIpc) is 2.48. The predicted octanol–water partition coefficient (Wildman–Crippen LogP) is 1.88. The van der Waals surface area contributed by atoms with Crippen molar-refractivity contribution in [2.45, 2.75) is 0 Å². The zero-order chi connectivity index (χ0) is 14.4. The molecule has 20 heavy (non-hydrogen) atoms. The largest absolute Gasteiger partial charge is 0.463 e. The van der Waals surface area contributed by atoms with Gasteiger partial charge in [0.25, 0.3) is 5.91 Å². The van der Waals surface area contributed by atoms with Gasteiger partial charge in [-0.25, -0.2) is 14.4 Å². The summed E-state index contributed by atoms with van der Waals surface area (Å²) in [5.41, 5.74) is 0.577. The van der Waals surface area contributed by atoms with Crippen LogP contribution in [0.3, 0.4) is 0 Å². The van der Waals surface area contributed by atoms with Crippen molar-refractivity contribution in [3.8, 4) is 18.2 Å². The lowest BCUT2D eigenvalue weighted by atomic mass is 10.3. The number of hydrogen-bond donors (Lipinski definition) is 1. The van der Waals surface area contributed by atoms with Crippen LogP contribution in [-0.4, -0.2) is 22.5 Å². The first-order valence-corrected chi connectivity index (χ1v) is 5.64. The van der Waals surface area contributed by atoms with Crippen molar-refractivity contribution >= 4 is 11.6 Å². The molecule has 1 heterocycles. The van der Waals surface area contributed by atoms with E-state index in [1.165, 1.54) is 36.7 Å². The number of carbonyl (C=O) groups excluding carboxylic acids is 1. The number of terminal acetylenes is 1. The first-order valence-electron chi connectivity index (χ1n) is 5.64. The highest BCUT2D eigenvalue weighted by atomic mass is 19.1. The van der Waals surface area contributed by atoms with Crippen LogP contribution in [0.4, 0.5) is 10.1 Å². The molecule has 0 spiro atoms. The maximum Gasteiger partial charge on any atom is 0.275 e. The van der Waals surface area contributed by atoms with Gasteiger partial charge >= 0.3 is 0 Å². The molecule has 0 fully saturated rings. The Hall–Kier alpha value is -2.94. The molecule has 0 saturated carbocycles. The van der Waals surface area contributed by atoms with Crippen molar-refractivity contribution < 1.29 is 13.9 Å². The summed E-state index contributed by atoms with van der Waals surface area (Å²) in [6.07, 6.45) is 7.61. The van der Waals surface area contributed by atoms with Crippen molar-refractivity contribution in [3.63, 3.8) is 0 Å². The lowest BCUT2D eigenvalue weighted by Crippen LogP contribution is -2.14. The Morgan fingerprint density at radius 3 is 2.65 bits per heavy atom. The molecule has 2 rings (SSSR count). The van der Waals surface area contributed by atoms with Crippen molar-refractivity contribution in [1.82, 2.24) is 9.97 Å². The molecule has 0 radical (unpaired) electrons. The number of halogens is 1. The minimum atomic E-state index is -0.451. The minimum Gasteiger partial charge on any atom is -0.463 e. The molecule has 0 atom stereocenters. The Morgan fingerprint density at radius 2 is 2.05 bits per heavy atom. The monoisotopic (exact) mass is 271 g/mol. The van der Waals surface area contributed by atoms with E-state index in [0.717, 1.165) is 0 Å². The van der Waals surface area contributed by atoms with E-state index in [2.05, 4.69) is 21.2 Å². The fourth-order valence-corrected chi connectivity index (χ4v) is 1.35. The summed E-state index contributed by atoms with van der Waals surface area (Å²) < 4.78 is 17.8. The van der Waals surface area contributed by atoms with Gasteiger partial charge in [-0.2, -0.15) is 0 Å². The molecule has 0 aliphatic heterocycles. The van der Waals surface area contributed by atoms with E-state index < -0.39 is 5.91 Å². The van der Waals surface area contributed by atoms with Gasteiger partial charge in [0.15, 0.2) is 6.61 Å². The molecular formula is C14H10FN3O2. The molecule has 6 heteroatoms. The van der Waals surface area contributed by atoms with Crippen molar-refractivity contribution in [1.29, 1.82) is 0 Å². The summed E-state index contributed by atoms with van der Waals surface area (Å²) in [6.45, 7) is 0.0792. The van der Waals surface area contributed by atoms with Crippen LogP contribution in [0.2, 0.25) is 0 Å². The van der Waals surface area contributed by atoms with Crippen LogP contribution >= 0.6 is 0 Å². The van der Waals surface area contributed by atoms with E-state index in [1.54, 1.807) is 0 Å². The molecule has 100 valence electrons. The van der Waals surface area contributed by atoms with Gasteiger partial charge in [0, 0.05) is 5.69 Å². The third kappa shape index (κ3) is 3.53. The number of rotatable bonds is 4. The van der Waals surface area contributed by atoms with Crippen LogP contribution in [0.15, 0.2) is 36.7 Å². The summed E-state index contributed by atoms with van der Waals surface area (Å²) in [5.74, 6) is 1.70. The first kappa shape index (κ1) is 13.5. The van der Waals surface area contributed by atoms with E-state index >= 15 is 0 Å². The standard InChI is InChI=1S/C14H10FN3O2/c1-2-7-20-13-9-16-12(8-17-13)14(19)18-11-5-3-10(15)4-6-11/h1,3-6,8-9H,7H2,(H,18,19). The van der Waals surface area contributed by atoms with Gasteiger partial charge in [0.2, 0.25) is 5.88 Å². The van der Waals surface area contributed by atoms with Gasteiger partial charge in [0.1, 0.15) is 11.5 Å². The van der Waals surface area contributed by atoms with Gasteiger partial charge in [-0.3, -0.25) is 4.79 Å². The predicted molar refractivity (Wildman–Crippen MR) is 70.7 cm³/mol. The van der Waals surface area contributed by atoms with Gasteiger partial charge in [-0.05, 0) is 24.3 Å². The number of ether oxygens (including phenoxy) is 1. The second-order valence-electron chi connectivity index (χ2n) is 3.69. The molecular weight excluding hydrogens is 261 g/mol. The SMILES string of the molecule is C#CCOc1cnc(C(=O)Nc2ccc(F)cc2)cn1. The Morgan fingerprint density at radius 1 is 1.30 bits per heavy atom. The van der Waals surface area contributed by atoms with E-state index in [1.807, 2.05) is 0 Å². The third-order valence-corrected chi connectivity index (χ3v) is 2.27. The van der Waals surface area contributed by atoms with Crippen molar-refractivity contribution in [2.24, 2.45) is 0 Å². The third-order valence-electron chi connectivity index (χ3n) is 2.27. The van der Waals surface area contributed by atoms with Crippen LogP contribution in [0.1, 0.15) is 10.5 Å². The molecule has 0 aliphatic carbocycles. The number of anilines is 1. The Kier molecular flexibility index (Phi) is 4.24. The summed E-state index contributed by atoms with van der Waals surface area (Å²) in [7, 11) is 0. The normalized spacial score (nSPS) is 9.60. The molecule has 1 aromatic heterocycles. The maximum absolute atomic E-state index is 12.7. The summed E-state index contributed by atoms with van der Waals surface area (Å²) in [4.78, 5) is 19.6. The van der Waals surface area contributed by atoms with Crippen LogP contribution < -0.4 is 10.1 Å². The Bertz CT molecular complexity index is 633. The number of aromatic nitrogens is 2. The fraction of sp³-hybridized carbons (Fsp3) is 0.0714. The van der Waals surface area contributed by atoms with E-state index in [4.69, 9.17) is 11.2 Å². The summed E-state index contributed by atoms with van der Waals surface area (Å²) in [5, 5.41) is 2.57. The number of carbonyl (C=O) groups is 1. The lowest BCUT2D eigenvalue weighted by molar-refractivity contribution is 0.102. The van der Waals surface area contributed by atoms with Crippen LogP contribution in [-0.2, 0) is 0 Å². The van der Waals surface area contributed by atoms with Crippen LogP contribution in [0.5, 0.6) is 5.88 Å². The van der Waals surface area contributed by atoms with Gasteiger partial charge < -0.3 is 10.1 Å². The Labute approximate surface area is 114 Å². The molecule has 0 aliphatic rings. The van der Waals surface area contributed by atoms with Crippen molar-refractivity contribution in [2.75, 3.05) is 11.9 Å². The topological polar surface area (TPSA) is 64.1 Å². The maximum atomic E-state index is 12.7. The second kappa shape index (κ2) is 6.29. The molecule has 0 bridgehead atoms. The number of amides is 1. The summed E-state index contributed by atoms with van der Waals surface area (Å²) >= 11 is 0. The van der Waals surface area contributed by atoms with Crippen molar-refractivity contribution in [3.05, 3.63) is 48.2 Å². The fourth-order valence-electron chi connectivity index (χ4n) is 1.35. The molecule has 1 aromatic carbocycles. The average molecular weight is 271 g/mol. The zero-order valence-electron chi connectivity index (χ0n) is 10.3. The van der Waals surface area contributed by atoms with Gasteiger partial charge in [-0.1, -0.05) is 5.92 Å². The summed E-state index contributed by atoms with van der Waals surface area (Å²) in [6, 6.07) is 5.40. The zero-order valence-corrected chi connectivity index (χ0v) is 10.3. The van der Waals surface area contributed by atoms with Gasteiger partial charge in [0.05, 0.1) is 12.4 Å². The first-order chi connectivity index (χ1) is 9.69. The van der Waals surface area contributed by atoms with E-state index in [9.17, 15) is 9.18 Å².